The summed E-state index contributed by atoms with van der Waals surface area (Å²) in [5.74, 6) is 0.0556. The van der Waals surface area contributed by atoms with Gasteiger partial charge >= 0.3 is 0 Å². The molecule has 0 fully saturated rings. The lowest BCUT2D eigenvalue weighted by Gasteiger charge is -2.09. The van der Waals surface area contributed by atoms with Gasteiger partial charge in [-0.25, -0.2) is 0 Å². The van der Waals surface area contributed by atoms with E-state index in [1.165, 1.54) is 0 Å². The molecule has 1 unspecified atom stereocenters. The van der Waals surface area contributed by atoms with E-state index in [4.69, 9.17) is 5.73 Å². The minimum Gasteiger partial charge on any atom is -0.364 e. The van der Waals surface area contributed by atoms with Crippen molar-refractivity contribution in [1.29, 1.82) is 0 Å². The number of aromatic nitrogens is 1. The summed E-state index contributed by atoms with van der Waals surface area (Å²) in [5.41, 5.74) is 6.38. The molecule has 4 heteroatoms. The lowest BCUT2D eigenvalue weighted by molar-refractivity contribution is -0.124. The zero-order valence-corrected chi connectivity index (χ0v) is 8.42. The topological polar surface area (TPSA) is 70.9 Å². The smallest absolute Gasteiger partial charge is 0.223 e. The third-order valence-corrected chi connectivity index (χ3v) is 2.16. The first-order chi connectivity index (χ1) is 6.74. The van der Waals surface area contributed by atoms with Crippen LogP contribution in [0.1, 0.15) is 19.0 Å². The average molecular weight is 195 g/mol. The molecule has 78 valence electrons. The van der Waals surface area contributed by atoms with Crippen LogP contribution in [0.25, 0.3) is 0 Å². The second-order valence-corrected chi connectivity index (χ2v) is 3.39. The Labute approximate surface area is 83.9 Å². The molecule has 0 radical (unpaired) electrons. The van der Waals surface area contributed by atoms with Crippen molar-refractivity contribution in [2.75, 3.05) is 6.54 Å². The Morgan fingerprint density at radius 2 is 2.50 bits per heavy atom. The molecule has 0 bridgehead atoms. The van der Waals surface area contributed by atoms with Crippen molar-refractivity contribution in [3.63, 3.8) is 0 Å². The van der Waals surface area contributed by atoms with Gasteiger partial charge in [0.25, 0.3) is 0 Å². The van der Waals surface area contributed by atoms with E-state index < -0.39 is 0 Å². The zero-order valence-electron chi connectivity index (χ0n) is 8.42. The van der Waals surface area contributed by atoms with Gasteiger partial charge in [0.1, 0.15) is 0 Å². The van der Waals surface area contributed by atoms with E-state index >= 15 is 0 Å². The molecular weight excluding hydrogens is 178 g/mol. The molecule has 14 heavy (non-hydrogen) atoms. The van der Waals surface area contributed by atoms with Crippen molar-refractivity contribution < 1.29 is 4.79 Å². The van der Waals surface area contributed by atoms with Gasteiger partial charge in [0.05, 0.1) is 6.54 Å². The van der Waals surface area contributed by atoms with Crippen molar-refractivity contribution in [2.45, 2.75) is 19.9 Å². The molecule has 4 N–H and O–H groups in total. The largest absolute Gasteiger partial charge is 0.364 e. The highest BCUT2D eigenvalue weighted by atomic mass is 16.1. The fourth-order valence-corrected chi connectivity index (χ4v) is 1.22. The van der Waals surface area contributed by atoms with Gasteiger partial charge in [0, 0.05) is 17.8 Å². The van der Waals surface area contributed by atoms with Crippen LogP contribution in [0.5, 0.6) is 0 Å². The molecular formula is C10H17N3O. The number of H-pyrrole nitrogens is 1. The van der Waals surface area contributed by atoms with Crippen LogP contribution in [-0.2, 0) is 11.3 Å². The van der Waals surface area contributed by atoms with Gasteiger partial charge in [-0.2, -0.15) is 0 Å². The maximum Gasteiger partial charge on any atom is 0.223 e. The number of carbonyl (C=O) groups excluding carboxylic acids is 1. The van der Waals surface area contributed by atoms with Crippen LogP contribution in [0.3, 0.4) is 0 Å². The number of hydrogen-bond acceptors (Lipinski definition) is 2. The molecule has 0 spiro atoms. The van der Waals surface area contributed by atoms with Gasteiger partial charge in [0.15, 0.2) is 0 Å². The molecule has 1 rings (SSSR count). The Kier molecular flexibility index (Phi) is 4.19. The van der Waals surface area contributed by atoms with Gasteiger partial charge < -0.3 is 16.0 Å². The van der Waals surface area contributed by atoms with Gasteiger partial charge in [-0.3, -0.25) is 4.79 Å². The molecule has 0 aliphatic carbocycles. The van der Waals surface area contributed by atoms with E-state index in [0.717, 1.165) is 12.1 Å². The predicted octanol–water partition coefficient (Wildman–Crippen LogP) is 0.616. The third-order valence-electron chi connectivity index (χ3n) is 2.16. The number of nitrogens with two attached hydrogens (primary N) is 1. The van der Waals surface area contributed by atoms with E-state index in [9.17, 15) is 4.79 Å². The summed E-state index contributed by atoms with van der Waals surface area (Å²) in [7, 11) is 0. The first-order valence-corrected chi connectivity index (χ1v) is 4.84. The Hall–Kier alpha value is -1.29. The van der Waals surface area contributed by atoms with Gasteiger partial charge in [-0.1, -0.05) is 6.92 Å². The number of hydrogen-bond donors (Lipinski definition) is 3. The summed E-state index contributed by atoms with van der Waals surface area (Å²) in [6.45, 7) is 2.99. The third kappa shape index (κ3) is 3.22. The molecule has 1 heterocycles. The van der Waals surface area contributed by atoms with E-state index in [0.29, 0.717) is 13.1 Å². The molecule has 1 atom stereocenters. The number of rotatable bonds is 5. The molecule has 0 aliphatic rings. The SMILES string of the molecule is CC(CCN)C(=O)NCc1ccc[nH]1. The predicted molar refractivity (Wildman–Crippen MR) is 55.5 cm³/mol. The summed E-state index contributed by atoms with van der Waals surface area (Å²) in [6.07, 6.45) is 2.57. The molecule has 1 amide bonds. The van der Waals surface area contributed by atoms with Crippen molar-refractivity contribution in [2.24, 2.45) is 11.7 Å². The van der Waals surface area contributed by atoms with Crippen LogP contribution >= 0.6 is 0 Å². The Balaban J connectivity index is 2.27. The van der Waals surface area contributed by atoms with Gasteiger partial charge in [-0.15, -0.1) is 0 Å². The minimum atomic E-state index is -0.00466. The number of aromatic amines is 1. The van der Waals surface area contributed by atoms with Gasteiger partial charge in [-0.05, 0) is 25.1 Å². The second kappa shape index (κ2) is 5.44. The zero-order chi connectivity index (χ0) is 10.4. The first kappa shape index (κ1) is 10.8. The highest BCUT2D eigenvalue weighted by molar-refractivity contribution is 5.78. The van der Waals surface area contributed by atoms with E-state index in [1.807, 2.05) is 25.3 Å². The standard InChI is InChI=1S/C10H17N3O/c1-8(4-5-11)10(14)13-7-9-3-2-6-12-9/h2-3,6,8,12H,4-5,7,11H2,1H3,(H,13,14). The summed E-state index contributed by atoms with van der Waals surface area (Å²) >= 11 is 0. The number of nitrogens with one attached hydrogen (secondary N) is 2. The molecule has 4 nitrogen and oxygen atoms in total. The maximum absolute atomic E-state index is 11.4. The Bertz CT molecular complexity index is 269. The number of amides is 1. The summed E-state index contributed by atoms with van der Waals surface area (Å²) < 4.78 is 0. The van der Waals surface area contributed by atoms with Crippen LogP contribution in [0.2, 0.25) is 0 Å². The maximum atomic E-state index is 11.4. The summed E-state index contributed by atoms with van der Waals surface area (Å²) in [4.78, 5) is 14.5. The molecule has 0 saturated carbocycles. The van der Waals surface area contributed by atoms with E-state index in [2.05, 4.69) is 10.3 Å². The summed E-state index contributed by atoms with van der Waals surface area (Å²) in [5, 5.41) is 2.84. The van der Waals surface area contributed by atoms with E-state index in [1.54, 1.807) is 0 Å². The average Bonchev–Trinajstić information content (AvgIpc) is 2.67. The van der Waals surface area contributed by atoms with Crippen LogP contribution in [0.4, 0.5) is 0 Å². The van der Waals surface area contributed by atoms with Crippen LogP contribution in [0, 0.1) is 5.92 Å². The fourth-order valence-electron chi connectivity index (χ4n) is 1.22. The molecule has 0 aliphatic heterocycles. The van der Waals surface area contributed by atoms with Crippen molar-refractivity contribution in [1.82, 2.24) is 10.3 Å². The summed E-state index contributed by atoms with van der Waals surface area (Å²) in [6, 6.07) is 3.85. The Morgan fingerprint density at radius 1 is 1.71 bits per heavy atom. The van der Waals surface area contributed by atoms with Crippen LogP contribution < -0.4 is 11.1 Å². The molecule has 1 aromatic rings. The monoisotopic (exact) mass is 195 g/mol. The fraction of sp³-hybridized carbons (Fsp3) is 0.500. The lowest BCUT2D eigenvalue weighted by atomic mass is 10.1. The van der Waals surface area contributed by atoms with Crippen molar-refractivity contribution in [3.05, 3.63) is 24.0 Å². The number of carbonyl (C=O) groups is 1. The highest BCUT2D eigenvalue weighted by Gasteiger charge is 2.10. The molecule has 1 aromatic heterocycles. The second-order valence-electron chi connectivity index (χ2n) is 3.39. The lowest BCUT2D eigenvalue weighted by Crippen LogP contribution is -2.30. The van der Waals surface area contributed by atoms with Crippen LogP contribution in [0.15, 0.2) is 18.3 Å². The highest BCUT2D eigenvalue weighted by Crippen LogP contribution is 2.00. The van der Waals surface area contributed by atoms with Gasteiger partial charge in [0.2, 0.25) is 5.91 Å². The van der Waals surface area contributed by atoms with Crippen molar-refractivity contribution >= 4 is 5.91 Å². The quantitative estimate of drug-likeness (QED) is 0.644. The minimum absolute atomic E-state index is 0.00466. The first-order valence-electron chi connectivity index (χ1n) is 4.84. The van der Waals surface area contributed by atoms with Crippen LogP contribution in [-0.4, -0.2) is 17.4 Å². The van der Waals surface area contributed by atoms with Crippen molar-refractivity contribution in [3.8, 4) is 0 Å². The molecule has 0 saturated heterocycles. The Morgan fingerprint density at radius 3 is 3.07 bits per heavy atom. The molecule has 0 aromatic carbocycles. The normalized spacial score (nSPS) is 12.4. The van der Waals surface area contributed by atoms with E-state index in [-0.39, 0.29) is 11.8 Å².